The monoisotopic (exact) mass is 176 g/mol. The fourth-order valence-corrected chi connectivity index (χ4v) is 1.67. The largest absolute Gasteiger partial charge is 0.298 e. The number of carbonyl (C=O) groups is 1. The van der Waals surface area contributed by atoms with Crippen LogP contribution >= 0.6 is 0 Å². The molecule has 0 amide bonds. The van der Waals surface area contributed by atoms with E-state index >= 15 is 0 Å². The van der Waals surface area contributed by atoms with Gasteiger partial charge in [-0.2, -0.15) is 0 Å². The van der Waals surface area contributed by atoms with Gasteiger partial charge in [0.2, 0.25) is 0 Å². The molecule has 0 bridgehead atoms. The molecule has 0 fully saturated rings. The zero-order valence-electron chi connectivity index (χ0n) is 8.34. The fourth-order valence-electron chi connectivity index (χ4n) is 1.67. The van der Waals surface area contributed by atoms with E-state index in [1.165, 1.54) is 24.0 Å². The van der Waals surface area contributed by atoms with Crippen LogP contribution in [-0.2, 0) is 12.8 Å². The zero-order chi connectivity index (χ0) is 9.68. The second kappa shape index (κ2) is 4.80. The van der Waals surface area contributed by atoms with Crippen molar-refractivity contribution in [2.75, 3.05) is 0 Å². The number of hydrogen-bond acceptors (Lipinski definition) is 1. The molecule has 0 radical (unpaired) electrons. The van der Waals surface area contributed by atoms with Crippen molar-refractivity contribution in [2.45, 2.75) is 33.1 Å². The number of aryl methyl sites for hydroxylation is 2. The topological polar surface area (TPSA) is 17.1 Å². The Morgan fingerprint density at radius 3 is 2.54 bits per heavy atom. The molecule has 0 unspecified atom stereocenters. The third-order valence-electron chi connectivity index (χ3n) is 2.26. The van der Waals surface area contributed by atoms with Crippen LogP contribution in [-0.4, -0.2) is 6.29 Å². The Balaban J connectivity index is 0.000000396. The summed E-state index contributed by atoms with van der Waals surface area (Å²) in [6.45, 7) is 4.00. The second-order valence-corrected chi connectivity index (χ2v) is 3.00. The van der Waals surface area contributed by atoms with Crippen molar-refractivity contribution in [3.63, 3.8) is 0 Å². The molecule has 0 N–H and O–H groups in total. The summed E-state index contributed by atoms with van der Waals surface area (Å²) in [6.07, 6.45) is 4.50. The number of carbonyl (C=O) groups excluding carboxylic acids is 1. The fraction of sp³-hybridized carbons (Fsp3) is 0.417. The first-order chi connectivity index (χ1) is 6.40. The molecule has 1 heteroatoms. The second-order valence-electron chi connectivity index (χ2n) is 3.00. The molecule has 0 saturated carbocycles. The van der Waals surface area contributed by atoms with E-state index in [0.717, 1.165) is 18.3 Å². The van der Waals surface area contributed by atoms with Gasteiger partial charge < -0.3 is 0 Å². The molecule has 2 rings (SSSR count). The Labute approximate surface area is 79.8 Å². The number of hydrogen-bond donors (Lipinski definition) is 0. The summed E-state index contributed by atoms with van der Waals surface area (Å²) in [5.74, 6) is 0. The third-order valence-corrected chi connectivity index (χ3v) is 2.26. The molecule has 70 valence electrons. The highest BCUT2D eigenvalue weighted by atomic mass is 16.1. The van der Waals surface area contributed by atoms with Gasteiger partial charge in [0.05, 0.1) is 0 Å². The third kappa shape index (κ3) is 2.18. The quantitative estimate of drug-likeness (QED) is 0.601. The minimum Gasteiger partial charge on any atom is -0.298 e. The highest BCUT2D eigenvalue weighted by Crippen LogP contribution is 2.21. The van der Waals surface area contributed by atoms with Crippen molar-refractivity contribution in [1.82, 2.24) is 0 Å². The van der Waals surface area contributed by atoms with E-state index < -0.39 is 0 Å². The number of rotatable bonds is 1. The molecule has 0 aromatic heterocycles. The van der Waals surface area contributed by atoms with Gasteiger partial charge in [-0.3, -0.25) is 4.79 Å². The van der Waals surface area contributed by atoms with Crippen molar-refractivity contribution in [3.8, 4) is 0 Å². The van der Waals surface area contributed by atoms with Crippen molar-refractivity contribution < 1.29 is 4.79 Å². The summed E-state index contributed by atoms with van der Waals surface area (Å²) in [6, 6.07) is 5.98. The molecule has 0 heterocycles. The molecule has 0 spiro atoms. The predicted octanol–water partition coefficient (Wildman–Crippen LogP) is 3.01. The van der Waals surface area contributed by atoms with Gasteiger partial charge in [0.1, 0.15) is 6.29 Å². The molecule has 1 aliphatic carbocycles. The van der Waals surface area contributed by atoms with Crippen LogP contribution in [0.5, 0.6) is 0 Å². The van der Waals surface area contributed by atoms with E-state index in [9.17, 15) is 4.79 Å². The minimum atomic E-state index is 0.811. The van der Waals surface area contributed by atoms with E-state index in [1.807, 2.05) is 26.0 Å². The van der Waals surface area contributed by atoms with Crippen LogP contribution in [0, 0.1) is 0 Å². The zero-order valence-corrected chi connectivity index (χ0v) is 8.34. The molecular formula is C12H16O. The maximum absolute atomic E-state index is 10.4. The Morgan fingerprint density at radius 2 is 1.85 bits per heavy atom. The van der Waals surface area contributed by atoms with Crippen LogP contribution in [0.2, 0.25) is 0 Å². The summed E-state index contributed by atoms with van der Waals surface area (Å²) in [4.78, 5) is 10.4. The highest BCUT2D eigenvalue weighted by molar-refractivity contribution is 5.75. The minimum absolute atomic E-state index is 0.811. The van der Waals surface area contributed by atoms with Gasteiger partial charge in [-0.25, -0.2) is 0 Å². The van der Waals surface area contributed by atoms with E-state index in [0.29, 0.717) is 0 Å². The van der Waals surface area contributed by atoms with Crippen LogP contribution in [0.15, 0.2) is 18.2 Å². The van der Waals surface area contributed by atoms with Crippen molar-refractivity contribution in [1.29, 1.82) is 0 Å². The smallest absolute Gasteiger partial charge is 0.150 e. The average molecular weight is 176 g/mol. The first-order valence-electron chi connectivity index (χ1n) is 4.97. The highest BCUT2D eigenvalue weighted by Gasteiger charge is 2.09. The van der Waals surface area contributed by atoms with Crippen LogP contribution in [0.25, 0.3) is 0 Å². The van der Waals surface area contributed by atoms with Crippen molar-refractivity contribution in [2.24, 2.45) is 0 Å². The normalized spacial score (nSPS) is 12.8. The van der Waals surface area contributed by atoms with E-state index in [1.54, 1.807) is 0 Å². The number of fused-ring (bicyclic) bond motifs is 1. The average Bonchev–Trinajstić information content (AvgIpc) is 2.67. The first-order valence-corrected chi connectivity index (χ1v) is 4.97. The molecular weight excluding hydrogens is 160 g/mol. The maximum atomic E-state index is 10.4. The van der Waals surface area contributed by atoms with E-state index in [2.05, 4.69) is 6.07 Å². The predicted molar refractivity (Wildman–Crippen MR) is 55.2 cm³/mol. The lowest BCUT2D eigenvalue weighted by molar-refractivity contribution is 0.112. The number of benzene rings is 1. The van der Waals surface area contributed by atoms with Crippen LogP contribution in [0.4, 0.5) is 0 Å². The maximum Gasteiger partial charge on any atom is 0.150 e. The Hall–Kier alpha value is -1.11. The lowest BCUT2D eigenvalue weighted by atomic mass is 10.1. The molecule has 1 aromatic carbocycles. The first kappa shape index (κ1) is 9.97. The summed E-state index contributed by atoms with van der Waals surface area (Å²) in [7, 11) is 0. The molecule has 1 aromatic rings. The van der Waals surface area contributed by atoms with Crippen molar-refractivity contribution in [3.05, 3.63) is 34.9 Å². The van der Waals surface area contributed by atoms with Gasteiger partial charge in [-0.15, -0.1) is 0 Å². The van der Waals surface area contributed by atoms with Crippen molar-refractivity contribution >= 4 is 6.29 Å². The standard InChI is InChI=1S/C10H10O.C2H6/c11-7-8-4-5-9-2-1-3-10(9)6-8;1-2/h4-7H,1-3H2;1-2H3. The Morgan fingerprint density at radius 1 is 1.15 bits per heavy atom. The molecule has 0 saturated heterocycles. The summed E-state index contributed by atoms with van der Waals surface area (Å²) >= 11 is 0. The van der Waals surface area contributed by atoms with Gasteiger partial charge in [0.15, 0.2) is 0 Å². The summed E-state index contributed by atoms with van der Waals surface area (Å²) in [5.41, 5.74) is 3.61. The molecule has 13 heavy (non-hydrogen) atoms. The summed E-state index contributed by atoms with van der Waals surface area (Å²) in [5, 5.41) is 0. The lowest BCUT2D eigenvalue weighted by Crippen LogP contribution is -1.85. The van der Waals surface area contributed by atoms with E-state index in [4.69, 9.17) is 0 Å². The SMILES string of the molecule is CC.O=Cc1ccc2c(c1)CCC2. The van der Waals surface area contributed by atoms with E-state index in [-0.39, 0.29) is 0 Å². The van der Waals surface area contributed by atoms with Gasteiger partial charge in [-0.1, -0.05) is 26.0 Å². The van der Waals surface area contributed by atoms with Crippen LogP contribution in [0.1, 0.15) is 41.8 Å². The van der Waals surface area contributed by atoms with Crippen LogP contribution < -0.4 is 0 Å². The van der Waals surface area contributed by atoms with Gasteiger partial charge >= 0.3 is 0 Å². The van der Waals surface area contributed by atoms with Gasteiger partial charge in [-0.05, 0) is 36.5 Å². The lowest BCUT2D eigenvalue weighted by Gasteiger charge is -1.97. The van der Waals surface area contributed by atoms with Gasteiger partial charge in [0, 0.05) is 5.56 Å². The van der Waals surface area contributed by atoms with Crippen LogP contribution in [0.3, 0.4) is 0 Å². The molecule has 0 aliphatic heterocycles. The molecule has 1 aliphatic rings. The molecule has 0 atom stereocenters. The Kier molecular flexibility index (Phi) is 3.69. The summed E-state index contributed by atoms with van der Waals surface area (Å²) < 4.78 is 0. The van der Waals surface area contributed by atoms with Gasteiger partial charge in [0.25, 0.3) is 0 Å². The Bertz CT molecular complexity index is 289. The molecule has 1 nitrogen and oxygen atoms in total. The number of aldehydes is 1.